The third-order valence-electron chi connectivity index (χ3n) is 7.29. The van der Waals surface area contributed by atoms with E-state index in [1.165, 1.54) is 22.3 Å². The first-order chi connectivity index (χ1) is 20.0. The van der Waals surface area contributed by atoms with Crippen LogP contribution < -0.4 is 5.32 Å². The topological polar surface area (TPSA) is 72.9 Å². The number of alkyl halides is 3. The Hall–Kier alpha value is -4.21. The number of carboxylic acid groups (broad SMARTS) is 1. The van der Waals surface area contributed by atoms with Crippen molar-refractivity contribution in [3.8, 4) is 0 Å². The minimum Gasteiger partial charge on any atom is -0.475 e. The zero-order valence-corrected chi connectivity index (χ0v) is 23.6. The fraction of sp³-hybridized carbons (Fsp3) is 0.273. The maximum absolute atomic E-state index is 12.9. The van der Waals surface area contributed by atoms with Gasteiger partial charge in [-0.1, -0.05) is 60.7 Å². The van der Waals surface area contributed by atoms with Gasteiger partial charge in [0, 0.05) is 50.5 Å². The van der Waals surface area contributed by atoms with Gasteiger partial charge < -0.3 is 10.4 Å². The van der Waals surface area contributed by atoms with Gasteiger partial charge in [0.1, 0.15) is 0 Å². The van der Waals surface area contributed by atoms with Gasteiger partial charge in [0.25, 0.3) is 5.91 Å². The maximum Gasteiger partial charge on any atom is 0.490 e. The molecule has 1 aliphatic rings. The molecule has 4 aromatic rings. The highest BCUT2D eigenvalue weighted by molar-refractivity contribution is 6.06. The number of hydrogen-bond acceptors (Lipinski definition) is 4. The minimum absolute atomic E-state index is 0.0761. The predicted octanol–water partition coefficient (Wildman–Crippen LogP) is 6.66. The molecule has 0 aromatic heterocycles. The molecule has 2 N–H and O–H groups in total. The van der Waals surface area contributed by atoms with Crippen LogP contribution in [0.25, 0.3) is 10.8 Å². The second-order valence-corrected chi connectivity index (χ2v) is 10.5. The third-order valence-corrected chi connectivity index (χ3v) is 7.29. The van der Waals surface area contributed by atoms with Crippen LogP contribution in [0.5, 0.6) is 0 Å². The molecule has 0 bridgehead atoms. The summed E-state index contributed by atoms with van der Waals surface area (Å²) in [5, 5.41) is 12.4. The van der Waals surface area contributed by atoms with Gasteiger partial charge in [-0.25, -0.2) is 4.79 Å². The molecule has 1 amide bonds. The van der Waals surface area contributed by atoms with E-state index >= 15 is 0 Å². The van der Waals surface area contributed by atoms with Gasteiger partial charge in [-0.3, -0.25) is 14.6 Å². The summed E-state index contributed by atoms with van der Waals surface area (Å²) in [6.07, 6.45) is -5.08. The van der Waals surface area contributed by atoms with Crippen molar-refractivity contribution in [1.82, 2.24) is 9.80 Å². The SMILES string of the molecule is Cc1ccc(CN2CCN(Cc3cccc(NC(=O)c4ccc5ccccc5c4)c3)CC2)cc1C.O=C(O)C(F)(F)F. The molecule has 0 aliphatic carbocycles. The zero-order valence-electron chi connectivity index (χ0n) is 23.6. The van der Waals surface area contributed by atoms with E-state index in [4.69, 9.17) is 9.90 Å². The van der Waals surface area contributed by atoms with E-state index in [2.05, 4.69) is 65.4 Å². The number of carbonyl (C=O) groups is 2. The molecule has 1 fully saturated rings. The molecule has 1 aliphatic heterocycles. The Bertz CT molecular complexity index is 1550. The van der Waals surface area contributed by atoms with Crippen molar-refractivity contribution in [2.75, 3.05) is 31.5 Å². The van der Waals surface area contributed by atoms with Crippen molar-refractivity contribution in [3.63, 3.8) is 0 Å². The summed E-state index contributed by atoms with van der Waals surface area (Å²) in [4.78, 5) is 26.8. The Morgan fingerprint density at radius 1 is 0.738 bits per heavy atom. The first kappa shape index (κ1) is 30.7. The van der Waals surface area contributed by atoms with Crippen LogP contribution in [-0.2, 0) is 17.9 Å². The molecule has 6 nitrogen and oxygen atoms in total. The number of nitrogens with one attached hydrogen (secondary N) is 1. The monoisotopic (exact) mass is 577 g/mol. The van der Waals surface area contributed by atoms with Crippen LogP contribution in [0.4, 0.5) is 18.9 Å². The van der Waals surface area contributed by atoms with Crippen molar-refractivity contribution in [2.45, 2.75) is 33.1 Å². The summed E-state index contributed by atoms with van der Waals surface area (Å²) in [7, 11) is 0. The summed E-state index contributed by atoms with van der Waals surface area (Å²) in [5.41, 5.74) is 6.87. The Labute approximate surface area is 243 Å². The second kappa shape index (κ2) is 13.6. The van der Waals surface area contributed by atoms with Crippen molar-refractivity contribution in [3.05, 3.63) is 113 Å². The lowest BCUT2D eigenvalue weighted by molar-refractivity contribution is -0.192. The number of hydrogen-bond donors (Lipinski definition) is 2. The van der Waals surface area contributed by atoms with E-state index in [1.807, 2.05) is 48.5 Å². The number of benzene rings is 4. The van der Waals surface area contributed by atoms with Gasteiger partial charge >= 0.3 is 12.1 Å². The van der Waals surface area contributed by atoms with Gasteiger partial charge in [0.2, 0.25) is 0 Å². The first-order valence-electron chi connectivity index (χ1n) is 13.7. The molecule has 4 aromatic carbocycles. The highest BCUT2D eigenvalue weighted by Crippen LogP contribution is 2.19. The Morgan fingerprint density at radius 2 is 1.33 bits per heavy atom. The highest BCUT2D eigenvalue weighted by atomic mass is 19.4. The minimum atomic E-state index is -5.08. The van der Waals surface area contributed by atoms with Crippen molar-refractivity contribution < 1.29 is 27.9 Å². The van der Waals surface area contributed by atoms with Gasteiger partial charge in [-0.15, -0.1) is 0 Å². The molecule has 42 heavy (non-hydrogen) atoms. The zero-order chi connectivity index (χ0) is 30.3. The lowest BCUT2D eigenvalue weighted by Gasteiger charge is -2.35. The smallest absolute Gasteiger partial charge is 0.475 e. The lowest BCUT2D eigenvalue weighted by atomic mass is 10.1. The average Bonchev–Trinajstić information content (AvgIpc) is 2.96. The van der Waals surface area contributed by atoms with Crippen LogP contribution in [0.3, 0.4) is 0 Å². The van der Waals surface area contributed by atoms with E-state index in [1.54, 1.807) is 0 Å². The molecule has 1 heterocycles. The Balaban J connectivity index is 0.000000517. The summed E-state index contributed by atoms with van der Waals surface area (Å²) < 4.78 is 31.7. The number of piperazine rings is 1. The number of rotatable bonds is 6. The van der Waals surface area contributed by atoms with E-state index in [0.29, 0.717) is 5.56 Å². The number of aliphatic carboxylic acids is 1. The van der Waals surface area contributed by atoms with Crippen LogP contribution >= 0.6 is 0 Å². The number of anilines is 1. The number of carboxylic acids is 1. The quantitative estimate of drug-likeness (QED) is 0.268. The second-order valence-electron chi connectivity index (χ2n) is 10.5. The molecular weight excluding hydrogens is 543 g/mol. The Morgan fingerprint density at radius 3 is 1.93 bits per heavy atom. The molecular formula is C33H34F3N3O3. The van der Waals surface area contributed by atoms with E-state index in [-0.39, 0.29) is 5.91 Å². The number of fused-ring (bicyclic) bond motifs is 1. The fourth-order valence-corrected chi connectivity index (χ4v) is 4.81. The van der Waals surface area contributed by atoms with Crippen LogP contribution in [-0.4, -0.2) is 59.1 Å². The molecule has 0 radical (unpaired) electrons. The molecule has 0 saturated carbocycles. The van der Waals surface area contributed by atoms with Gasteiger partial charge in [-0.2, -0.15) is 13.2 Å². The van der Waals surface area contributed by atoms with E-state index < -0.39 is 12.1 Å². The summed E-state index contributed by atoms with van der Waals surface area (Å²) in [6.45, 7) is 10.5. The summed E-state index contributed by atoms with van der Waals surface area (Å²) in [6, 6.07) is 29.0. The number of halogens is 3. The summed E-state index contributed by atoms with van der Waals surface area (Å²) >= 11 is 0. The van der Waals surface area contributed by atoms with Crippen molar-refractivity contribution in [1.29, 1.82) is 0 Å². The van der Waals surface area contributed by atoms with Crippen molar-refractivity contribution in [2.24, 2.45) is 0 Å². The lowest BCUT2D eigenvalue weighted by Crippen LogP contribution is -2.45. The van der Waals surface area contributed by atoms with E-state index in [0.717, 1.165) is 55.7 Å². The molecule has 220 valence electrons. The molecule has 5 rings (SSSR count). The molecule has 1 saturated heterocycles. The molecule has 0 spiro atoms. The predicted molar refractivity (Wildman–Crippen MR) is 159 cm³/mol. The first-order valence-corrected chi connectivity index (χ1v) is 13.7. The third kappa shape index (κ3) is 8.64. The van der Waals surface area contributed by atoms with Crippen molar-refractivity contribution >= 4 is 28.3 Å². The van der Waals surface area contributed by atoms with Crippen LogP contribution in [0.2, 0.25) is 0 Å². The standard InChI is InChI=1S/C31H33N3O.C2HF3O2/c1-23-10-11-26(18-24(23)2)22-34-16-14-33(15-17-34)21-25-6-5-9-30(19-25)32-31(35)29-13-12-27-7-3-4-8-28(27)20-29;3-2(4,5)1(6)7/h3-13,18-20H,14-17,21-22H2,1-2H3,(H,32,35);(H,6,7). The number of carbonyl (C=O) groups excluding carboxylic acids is 1. The van der Waals surface area contributed by atoms with Crippen LogP contribution in [0.15, 0.2) is 84.9 Å². The van der Waals surface area contributed by atoms with Crippen LogP contribution in [0.1, 0.15) is 32.6 Å². The fourth-order valence-electron chi connectivity index (χ4n) is 4.81. The molecule has 9 heteroatoms. The maximum atomic E-state index is 12.9. The number of aryl methyl sites for hydroxylation is 2. The molecule has 0 unspecified atom stereocenters. The summed E-state index contributed by atoms with van der Waals surface area (Å²) in [5.74, 6) is -2.83. The Kier molecular flexibility index (Phi) is 9.98. The normalized spacial score (nSPS) is 14.2. The largest absolute Gasteiger partial charge is 0.490 e. The van der Waals surface area contributed by atoms with E-state index in [9.17, 15) is 18.0 Å². The van der Waals surface area contributed by atoms with Gasteiger partial charge in [-0.05, 0) is 71.1 Å². The highest BCUT2D eigenvalue weighted by Gasteiger charge is 2.38. The van der Waals surface area contributed by atoms with Crippen LogP contribution in [0, 0.1) is 13.8 Å². The number of amides is 1. The number of nitrogens with zero attached hydrogens (tertiary/aromatic N) is 2. The average molecular weight is 578 g/mol. The van der Waals surface area contributed by atoms with Gasteiger partial charge in [0.05, 0.1) is 0 Å². The molecule has 0 atom stereocenters. The van der Waals surface area contributed by atoms with Gasteiger partial charge in [0.15, 0.2) is 0 Å².